The molecule has 0 radical (unpaired) electrons. The maximum atomic E-state index is 11.3. The molecule has 0 amide bonds. The van der Waals surface area contributed by atoms with Crippen LogP contribution in [0, 0.1) is 11.8 Å². The Morgan fingerprint density at radius 1 is 1.38 bits per heavy atom. The summed E-state index contributed by atoms with van der Waals surface area (Å²) in [6.45, 7) is 6.07. The van der Waals surface area contributed by atoms with E-state index in [4.69, 9.17) is 5.14 Å². The second kappa shape index (κ2) is 6.73. The third-order valence-corrected chi connectivity index (χ3v) is 4.78. The summed E-state index contributed by atoms with van der Waals surface area (Å²) in [6.07, 6.45) is 4.71. The zero-order valence-corrected chi connectivity index (χ0v) is 13.5. The van der Waals surface area contributed by atoms with Gasteiger partial charge >= 0.3 is 0 Å². The fourth-order valence-electron chi connectivity index (χ4n) is 3.09. The molecule has 0 spiro atoms. The van der Waals surface area contributed by atoms with Gasteiger partial charge in [-0.05, 0) is 55.8 Å². The summed E-state index contributed by atoms with van der Waals surface area (Å²) in [4.78, 5) is 0.173. The number of hydrogen-bond acceptors (Lipinski definition) is 3. The first-order valence-electron chi connectivity index (χ1n) is 7.34. The second-order valence-corrected chi connectivity index (χ2v) is 7.68. The van der Waals surface area contributed by atoms with Crippen LogP contribution in [0.1, 0.15) is 32.3 Å². The van der Waals surface area contributed by atoms with Gasteiger partial charge < -0.3 is 5.32 Å². The van der Waals surface area contributed by atoms with Crippen molar-refractivity contribution in [1.29, 1.82) is 0 Å². The van der Waals surface area contributed by atoms with E-state index in [0.29, 0.717) is 18.4 Å². The van der Waals surface area contributed by atoms with Crippen molar-refractivity contribution in [2.24, 2.45) is 17.0 Å². The van der Waals surface area contributed by atoms with Crippen LogP contribution in [-0.4, -0.2) is 15.0 Å². The van der Waals surface area contributed by atoms with Crippen LogP contribution in [-0.2, 0) is 16.6 Å². The van der Waals surface area contributed by atoms with E-state index in [0.717, 1.165) is 18.5 Å². The average Bonchev–Trinajstić information content (AvgIpc) is 2.37. The summed E-state index contributed by atoms with van der Waals surface area (Å²) in [5.74, 6) is 1.31. The lowest BCUT2D eigenvalue weighted by Gasteiger charge is -2.25. The highest BCUT2D eigenvalue weighted by atomic mass is 32.2. The predicted octanol–water partition coefficient (Wildman–Crippen LogP) is 2.42. The zero-order valence-electron chi connectivity index (χ0n) is 12.7. The standard InChI is InChI=1S/C16H24N2O2S/c1-12-6-13(2)8-15(7-12)11-18-10-14-4-3-5-16(9-14)21(17,19)20/h3-6,9,12,15,18H,7-8,10-11H2,1-2H3,(H2,17,19,20). The predicted molar refractivity (Wildman–Crippen MR) is 85.2 cm³/mol. The molecule has 1 aromatic carbocycles. The molecule has 21 heavy (non-hydrogen) atoms. The van der Waals surface area contributed by atoms with Crippen molar-refractivity contribution in [3.8, 4) is 0 Å². The van der Waals surface area contributed by atoms with Gasteiger partial charge in [0.2, 0.25) is 10.0 Å². The third kappa shape index (κ3) is 4.95. The summed E-state index contributed by atoms with van der Waals surface area (Å²) in [6, 6.07) is 6.80. The van der Waals surface area contributed by atoms with Crippen LogP contribution < -0.4 is 10.5 Å². The van der Waals surface area contributed by atoms with Crippen molar-refractivity contribution in [2.45, 2.75) is 38.1 Å². The molecule has 4 nitrogen and oxygen atoms in total. The Labute approximate surface area is 127 Å². The normalized spacial score (nSPS) is 22.9. The van der Waals surface area contributed by atoms with Gasteiger partial charge in [0.1, 0.15) is 0 Å². The summed E-state index contributed by atoms with van der Waals surface area (Å²) in [5, 5.41) is 8.58. The Bertz CT molecular complexity index is 623. The Hall–Kier alpha value is -1.17. The maximum absolute atomic E-state index is 11.3. The first kappa shape index (κ1) is 16.2. The monoisotopic (exact) mass is 308 g/mol. The fraction of sp³-hybridized carbons (Fsp3) is 0.500. The lowest BCUT2D eigenvalue weighted by atomic mass is 9.84. The number of primary sulfonamides is 1. The quantitative estimate of drug-likeness (QED) is 0.821. The molecule has 116 valence electrons. The molecule has 2 rings (SSSR count). The van der Waals surface area contributed by atoms with Crippen molar-refractivity contribution in [2.75, 3.05) is 6.54 Å². The van der Waals surface area contributed by atoms with Gasteiger partial charge in [-0.3, -0.25) is 0 Å². The fourth-order valence-corrected chi connectivity index (χ4v) is 3.68. The van der Waals surface area contributed by atoms with E-state index in [1.54, 1.807) is 12.1 Å². The molecular formula is C16H24N2O2S. The molecule has 1 aromatic rings. The maximum Gasteiger partial charge on any atom is 0.238 e. The minimum atomic E-state index is -3.62. The second-order valence-electron chi connectivity index (χ2n) is 6.12. The molecule has 1 aliphatic rings. The van der Waals surface area contributed by atoms with E-state index in [1.807, 2.05) is 6.07 Å². The van der Waals surface area contributed by atoms with Crippen LogP contribution in [0.3, 0.4) is 0 Å². The number of allylic oxidation sites excluding steroid dienone is 2. The van der Waals surface area contributed by atoms with Crippen molar-refractivity contribution in [1.82, 2.24) is 5.32 Å². The highest BCUT2D eigenvalue weighted by Gasteiger charge is 2.17. The summed E-state index contributed by atoms with van der Waals surface area (Å²) in [7, 11) is -3.62. The van der Waals surface area contributed by atoms with E-state index >= 15 is 0 Å². The van der Waals surface area contributed by atoms with Crippen molar-refractivity contribution < 1.29 is 8.42 Å². The van der Waals surface area contributed by atoms with E-state index in [1.165, 1.54) is 18.1 Å². The number of sulfonamides is 1. The topological polar surface area (TPSA) is 72.2 Å². The number of nitrogens with two attached hydrogens (primary N) is 1. The SMILES string of the molecule is CC1=CC(C)CC(CNCc2cccc(S(N)(=O)=O)c2)C1. The van der Waals surface area contributed by atoms with Crippen LogP contribution in [0.15, 0.2) is 40.8 Å². The van der Waals surface area contributed by atoms with Gasteiger partial charge in [0.05, 0.1) is 4.90 Å². The van der Waals surface area contributed by atoms with E-state index < -0.39 is 10.0 Å². The van der Waals surface area contributed by atoms with Crippen LogP contribution in [0.2, 0.25) is 0 Å². The number of hydrogen-bond donors (Lipinski definition) is 2. The molecule has 0 aromatic heterocycles. The minimum Gasteiger partial charge on any atom is -0.312 e. The van der Waals surface area contributed by atoms with Gasteiger partial charge in [-0.1, -0.05) is 30.7 Å². The molecular weight excluding hydrogens is 284 g/mol. The molecule has 2 unspecified atom stereocenters. The van der Waals surface area contributed by atoms with Gasteiger partial charge in [0, 0.05) is 6.54 Å². The summed E-state index contributed by atoms with van der Waals surface area (Å²) in [5.41, 5.74) is 2.41. The van der Waals surface area contributed by atoms with Gasteiger partial charge in [-0.25, -0.2) is 13.6 Å². The van der Waals surface area contributed by atoms with Crippen LogP contribution in [0.5, 0.6) is 0 Å². The lowest BCUT2D eigenvalue weighted by molar-refractivity contribution is 0.381. The highest BCUT2D eigenvalue weighted by molar-refractivity contribution is 7.89. The molecule has 1 aliphatic carbocycles. The Morgan fingerprint density at radius 3 is 2.81 bits per heavy atom. The molecule has 5 heteroatoms. The molecule has 2 atom stereocenters. The third-order valence-electron chi connectivity index (χ3n) is 3.87. The first-order valence-corrected chi connectivity index (χ1v) is 8.89. The summed E-state index contributed by atoms with van der Waals surface area (Å²) < 4.78 is 22.7. The molecule has 0 saturated carbocycles. The molecule has 0 bridgehead atoms. The number of benzene rings is 1. The zero-order chi connectivity index (χ0) is 15.5. The summed E-state index contributed by atoms with van der Waals surface area (Å²) >= 11 is 0. The smallest absolute Gasteiger partial charge is 0.238 e. The molecule has 0 aliphatic heterocycles. The Kier molecular flexibility index (Phi) is 5.19. The molecule has 3 N–H and O–H groups in total. The molecule has 0 fully saturated rings. The lowest BCUT2D eigenvalue weighted by Crippen LogP contribution is -2.26. The van der Waals surface area contributed by atoms with Crippen LogP contribution in [0.25, 0.3) is 0 Å². The van der Waals surface area contributed by atoms with Gasteiger partial charge in [0.15, 0.2) is 0 Å². The molecule has 0 saturated heterocycles. The largest absolute Gasteiger partial charge is 0.312 e. The van der Waals surface area contributed by atoms with Crippen LogP contribution >= 0.6 is 0 Å². The van der Waals surface area contributed by atoms with Crippen molar-refractivity contribution in [3.05, 3.63) is 41.5 Å². The van der Waals surface area contributed by atoms with Gasteiger partial charge in [0.25, 0.3) is 0 Å². The Balaban J connectivity index is 1.88. The first-order chi connectivity index (χ1) is 9.84. The highest BCUT2D eigenvalue weighted by Crippen LogP contribution is 2.27. The molecule has 0 heterocycles. The van der Waals surface area contributed by atoms with Crippen LogP contribution in [0.4, 0.5) is 0 Å². The minimum absolute atomic E-state index is 0.173. The number of rotatable bonds is 5. The Morgan fingerprint density at radius 2 is 2.14 bits per heavy atom. The van der Waals surface area contributed by atoms with Gasteiger partial charge in [-0.15, -0.1) is 0 Å². The number of nitrogens with one attached hydrogen (secondary N) is 1. The average molecular weight is 308 g/mol. The van der Waals surface area contributed by atoms with Crippen molar-refractivity contribution >= 4 is 10.0 Å². The van der Waals surface area contributed by atoms with E-state index in [2.05, 4.69) is 25.2 Å². The van der Waals surface area contributed by atoms with E-state index in [-0.39, 0.29) is 4.90 Å². The van der Waals surface area contributed by atoms with Crippen molar-refractivity contribution in [3.63, 3.8) is 0 Å². The van der Waals surface area contributed by atoms with Gasteiger partial charge in [-0.2, -0.15) is 0 Å². The van der Waals surface area contributed by atoms with E-state index in [9.17, 15) is 8.42 Å².